The quantitative estimate of drug-likeness (QED) is 0.280. The third kappa shape index (κ3) is 7.37. The van der Waals surface area contributed by atoms with Crippen LogP contribution in [-0.4, -0.2) is 90.5 Å². The molecule has 0 aromatic carbocycles. The van der Waals surface area contributed by atoms with Crippen molar-refractivity contribution < 1.29 is 29.0 Å². The Morgan fingerprint density at radius 2 is 1.91 bits per heavy atom. The van der Waals surface area contributed by atoms with Crippen molar-refractivity contribution in [1.29, 1.82) is 0 Å². The van der Waals surface area contributed by atoms with Gasteiger partial charge in [-0.2, -0.15) is 0 Å². The van der Waals surface area contributed by atoms with Crippen molar-refractivity contribution in [3.05, 3.63) is 46.1 Å². The van der Waals surface area contributed by atoms with Crippen LogP contribution in [0, 0.1) is 11.8 Å². The lowest BCUT2D eigenvalue weighted by atomic mass is 9.77. The number of nitrogens with zero attached hydrogens (tertiary/aromatic N) is 2. The number of hydrogen-bond donors (Lipinski definition) is 4. The molecule has 3 fully saturated rings. The maximum atomic E-state index is 13.4. The zero-order valence-electron chi connectivity index (χ0n) is 26.0. The highest BCUT2D eigenvalue weighted by molar-refractivity contribution is 5.91. The SMILES string of the molecule is CC1=CC=C(NCC2C(=O)NC3=C4CCC4CNC(N4CCN(C(=O)OC(C)(C)C)CC4)=C32)CC1OCCCCC(=O)O. The second-order valence-corrected chi connectivity index (χ2v) is 13.2. The fraction of sp³-hybridized carbons (Fsp3) is 0.656. The lowest BCUT2D eigenvalue weighted by Crippen LogP contribution is -2.51. The first-order valence-electron chi connectivity index (χ1n) is 15.7. The molecule has 1 saturated carbocycles. The molecule has 0 spiro atoms. The lowest BCUT2D eigenvalue weighted by molar-refractivity contribution is -0.137. The van der Waals surface area contributed by atoms with Crippen LogP contribution in [0.4, 0.5) is 4.79 Å². The van der Waals surface area contributed by atoms with Crippen LogP contribution in [0.3, 0.4) is 0 Å². The Kier molecular flexibility index (Phi) is 9.39. The number of carbonyl (C=O) groups excluding carboxylic acids is 2. The Morgan fingerprint density at radius 3 is 2.58 bits per heavy atom. The van der Waals surface area contributed by atoms with Gasteiger partial charge in [0.25, 0.3) is 0 Å². The van der Waals surface area contributed by atoms with Crippen molar-refractivity contribution >= 4 is 18.0 Å². The first kappa shape index (κ1) is 31.0. The maximum Gasteiger partial charge on any atom is 0.410 e. The van der Waals surface area contributed by atoms with Crippen molar-refractivity contribution in [3.8, 4) is 0 Å². The number of hydrogen-bond acceptors (Lipinski definition) is 8. The van der Waals surface area contributed by atoms with E-state index in [9.17, 15) is 14.4 Å². The van der Waals surface area contributed by atoms with Gasteiger partial charge < -0.3 is 40.3 Å². The maximum absolute atomic E-state index is 13.4. The summed E-state index contributed by atoms with van der Waals surface area (Å²) in [4.78, 5) is 40.9. The number of carbonyl (C=O) groups is 3. The molecule has 3 aliphatic heterocycles. The Balaban J connectivity index is 1.25. The minimum Gasteiger partial charge on any atom is -0.481 e. The standard InChI is InChI=1S/C32H47N5O6/c1-20-8-10-22(17-25(20)42-16-6-5-7-26(38)39)33-19-24-27-28(35-30(24)40)23-11-9-21(23)18-34-29(27)36-12-14-37(15-13-36)31(41)43-32(2,3)4/h8,10,21,24-25,33-34H,5-7,9,11-19H2,1-4H3,(H,35,40)(H,38,39). The molecule has 3 unspecified atom stereocenters. The van der Waals surface area contributed by atoms with E-state index in [2.05, 4.69) is 33.0 Å². The van der Waals surface area contributed by atoms with Crippen molar-refractivity contribution in [1.82, 2.24) is 25.8 Å². The molecule has 0 aromatic rings. The molecule has 236 valence electrons. The summed E-state index contributed by atoms with van der Waals surface area (Å²) in [6.45, 7) is 12.0. The number of unbranched alkanes of at least 4 members (excludes halogenated alkanes) is 1. The first-order valence-corrected chi connectivity index (χ1v) is 15.7. The first-order chi connectivity index (χ1) is 20.5. The Bertz CT molecular complexity index is 1240. The van der Waals surface area contributed by atoms with Gasteiger partial charge in [0.05, 0.1) is 12.0 Å². The van der Waals surface area contributed by atoms with Gasteiger partial charge in [-0.25, -0.2) is 4.79 Å². The average molecular weight is 598 g/mol. The van der Waals surface area contributed by atoms with Gasteiger partial charge in [0, 0.05) is 75.7 Å². The van der Waals surface area contributed by atoms with Gasteiger partial charge in [-0.05, 0) is 76.5 Å². The van der Waals surface area contributed by atoms with Crippen LogP contribution >= 0.6 is 0 Å². The van der Waals surface area contributed by atoms with E-state index < -0.39 is 11.6 Å². The van der Waals surface area contributed by atoms with E-state index >= 15 is 0 Å². The zero-order valence-corrected chi connectivity index (χ0v) is 26.0. The van der Waals surface area contributed by atoms with Gasteiger partial charge in [0.2, 0.25) is 5.91 Å². The van der Waals surface area contributed by atoms with Crippen molar-refractivity contribution in [2.75, 3.05) is 45.9 Å². The number of allylic oxidation sites excluding steroid dienone is 3. The molecule has 0 aromatic heterocycles. The summed E-state index contributed by atoms with van der Waals surface area (Å²) in [6.07, 6.45) is 8.03. The number of piperazine rings is 1. The third-order valence-corrected chi connectivity index (χ3v) is 8.88. The zero-order chi connectivity index (χ0) is 30.7. The average Bonchev–Trinajstić information content (AvgIpc) is 3.18. The summed E-state index contributed by atoms with van der Waals surface area (Å²) in [5.41, 5.74) is 5.00. The van der Waals surface area contributed by atoms with E-state index in [1.54, 1.807) is 4.90 Å². The lowest BCUT2D eigenvalue weighted by Gasteiger charge is -2.39. The van der Waals surface area contributed by atoms with E-state index in [1.807, 2.05) is 27.7 Å². The fourth-order valence-corrected chi connectivity index (χ4v) is 6.32. The van der Waals surface area contributed by atoms with Gasteiger partial charge in [-0.3, -0.25) is 9.59 Å². The summed E-state index contributed by atoms with van der Waals surface area (Å²) in [6, 6.07) is 0. The molecule has 0 radical (unpaired) electrons. The van der Waals surface area contributed by atoms with Crippen LogP contribution in [0.15, 0.2) is 46.1 Å². The summed E-state index contributed by atoms with van der Waals surface area (Å²) >= 11 is 0. The molecule has 0 bridgehead atoms. The van der Waals surface area contributed by atoms with Crippen LogP contribution in [0.25, 0.3) is 0 Å². The number of carboxylic acid groups (broad SMARTS) is 1. The molecule has 11 nitrogen and oxygen atoms in total. The summed E-state index contributed by atoms with van der Waals surface area (Å²) < 4.78 is 11.7. The molecule has 5 aliphatic rings. The molecule has 43 heavy (non-hydrogen) atoms. The van der Waals surface area contributed by atoms with Crippen LogP contribution in [0.5, 0.6) is 0 Å². The monoisotopic (exact) mass is 597 g/mol. The molecular weight excluding hydrogens is 550 g/mol. The van der Waals surface area contributed by atoms with Crippen LogP contribution in [-0.2, 0) is 19.1 Å². The van der Waals surface area contributed by atoms with E-state index in [-0.39, 0.29) is 30.4 Å². The molecule has 3 heterocycles. The van der Waals surface area contributed by atoms with E-state index in [0.29, 0.717) is 64.5 Å². The molecule has 3 atom stereocenters. The normalized spacial score (nSPS) is 25.5. The number of carboxylic acids is 1. The molecule has 2 aliphatic carbocycles. The highest BCUT2D eigenvalue weighted by Crippen LogP contribution is 2.44. The van der Waals surface area contributed by atoms with Crippen LogP contribution < -0.4 is 16.0 Å². The predicted octanol–water partition coefficient (Wildman–Crippen LogP) is 3.23. The van der Waals surface area contributed by atoms with Crippen molar-refractivity contribution in [2.45, 2.75) is 77.9 Å². The number of rotatable bonds is 10. The second-order valence-electron chi connectivity index (χ2n) is 13.2. The predicted molar refractivity (Wildman–Crippen MR) is 161 cm³/mol. The molecule has 5 rings (SSSR count). The second kappa shape index (κ2) is 13.0. The smallest absolute Gasteiger partial charge is 0.410 e. The highest BCUT2D eigenvalue weighted by atomic mass is 16.6. The summed E-state index contributed by atoms with van der Waals surface area (Å²) in [5, 5.41) is 19.4. The van der Waals surface area contributed by atoms with E-state index in [4.69, 9.17) is 14.6 Å². The molecule has 11 heteroatoms. The minimum absolute atomic E-state index is 0.0126. The molecular formula is C32H47N5O6. The van der Waals surface area contributed by atoms with Crippen molar-refractivity contribution in [3.63, 3.8) is 0 Å². The van der Waals surface area contributed by atoms with Gasteiger partial charge in [-0.15, -0.1) is 0 Å². The number of amides is 2. The van der Waals surface area contributed by atoms with Crippen LogP contribution in [0.1, 0.15) is 66.2 Å². The van der Waals surface area contributed by atoms with Crippen LogP contribution in [0.2, 0.25) is 0 Å². The third-order valence-electron chi connectivity index (χ3n) is 8.88. The Morgan fingerprint density at radius 1 is 1.14 bits per heavy atom. The topological polar surface area (TPSA) is 132 Å². The van der Waals surface area contributed by atoms with Gasteiger partial charge >= 0.3 is 12.1 Å². The molecule has 2 amide bonds. The Labute approximate surface area is 254 Å². The number of ether oxygens (including phenoxy) is 2. The number of nitrogens with one attached hydrogen (secondary N) is 3. The fourth-order valence-electron chi connectivity index (χ4n) is 6.32. The molecule has 4 N–H and O–H groups in total. The van der Waals surface area contributed by atoms with Crippen molar-refractivity contribution in [2.24, 2.45) is 11.8 Å². The van der Waals surface area contributed by atoms with E-state index in [1.165, 1.54) is 5.57 Å². The van der Waals surface area contributed by atoms with Gasteiger partial charge in [0.1, 0.15) is 11.4 Å². The largest absolute Gasteiger partial charge is 0.481 e. The number of fused-ring (bicyclic) bond motifs is 2. The highest BCUT2D eigenvalue weighted by Gasteiger charge is 2.44. The van der Waals surface area contributed by atoms with Gasteiger partial charge in [0.15, 0.2) is 0 Å². The number of aliphatic carboxylic acids is 1. The molecule has 2 saturated heterocycles. The van der Waals surface area contributed by atoms with Gasteiger partial charge in [-0.1, -0.05) is 6.08 Å². The van der Waals surface area contributed by atoms with E-state index in [0.717, 1.165) is 47.7 Å². The summed E-state index contributed by atoms with van der Waals surface area (Å²) in [5.74, 6) is 0.313. The Hall–Kier alpha value is -3.47. The minimum atomic E-state index is -0.782. The summed E-state index contributed by atoms with van der Waals surface area (Å²) in [7, 11) is 0.